The number of hydrogen-bond donors (Lipinski definition) is 2. The van der Waals surface area contributed by atoms with Gasteiger partial charge < -0.3 is 10.6 Å². The van der Waals surface area contributed by atoms with Crippen molar-refractivity contribution >= 4 is 17.3 Å². The van der Waals surface area contributed by atoms with Crippen LogP contribution in [0.15, 0.2) is 35.5 Å². The van der Waals surface area contributed by atoms with Crippen LogP contribution in [0.4, 0.5) is 0 Å². The standard InChI is InChI=1S/C19H28N4S/c1-4-15-6-8-16(9-7-15)10-12-21-19(20-3)22-13-11-18-23-14-17(5-2)24-18/h6-9,14H,4-5,10-13H2,1-3H3,(H2,20,21,22). The molecule has 0 unspecified atom stereocenters. The van der Waals surface area contributed by atoms with Gasteiger partial charge in [-0.15, -0.1) is 11.3 Å². The summed E-state index contributed by atoms with van der Waals surface area (Å²) < 4.78 is 0. The van der Waals surface area contributed by atoms with Gasteiger partial charge in [0.1, 0.15) is 0 Å². The number of aliphatic imine (C=N–C) groups is 1. The Bertz CT molecular complexity index is 631. The highest BCUT2D eigenvalue weighted by Crippen LogP contribution is 2.13. The molecule has 5 heteroatoms. The van der Waals surface area contributed by atoms with Gasteiger partial charge in [0.15, 0.2) is 5.96 Å². The lowest BCUT2D eigenvalue weighted by molar-refractivity contribution is 0.782. The first-order valence-corrected chi connectivity index (χ1v) is 9.52. The highest BCUT2D eigenvalue weighted by molar-refractivity contribution is 7.11. The van der Waals surface area contributed by atoms with Crippen molar-refractivity contribution in [2.45, 2.75) is 39.5 Å². The van der Waals surface area contributed by atoms with Crippen LogP contribution in [0.1, 0.15) is 34.9 Å². The smallest absolute Gasteiger partial charge is 0.191 e. The van der Waals surface area contributed by atoms with Crippen molar-refractivity contribution in [1.82, 2.24) is 15.6 Å². The number of aryl methyl sites for hydroxylation is 2. The van der Waals surface area contributed by atoms with Gasteiger partial charge in [-0.3, -0.25) is 4.99 Å². The van der Waals surface area contributed by atoms with Gasteiger partial charge in [0, 0.05) is 37.6 Å². The van der Waals surface area contributed by atoms with Crippen molar-refractivity contribution in [3.05, 3.63) is 51.5 Å². The predicted octanol–water partition coefficient (Wildman–Crippen LogP) is 3.22. The van der Waals surface area contributed by atoms with Crippen LogP contribution in [0, 0.1) is 0 Å². The first kappa shape index (κ1) is 18.5. The number of rotatable bonds is 8. The molecule has 0 aliphatic rings. The number of thiazole rings is 1. The third-order valence-electron chi connectivity index (χ3n) is 3.94. The first-order valence-electron chi connectivity index (χ1n) is 8.71. The lowest BCUT2D eigenvalue weighted by atomic mass is 10.1. The Labute approximate surface area is 149 Å². The van der Waals surface area contributed by atoms with E-state index in [0.29, 0.717) is 0 Å². The average Bonchev–Trinajstić information content (AvgIpc) is 3.09. The van der Waals surface area contributed by atoms with Crippen molar-refractivity contribution < 1.29 is 0 Å². The van der Waals surface area contributed by atoms with Crippen LogP contribution in [0.3, 0.4) is 0 Å². The molecule has 130 valence electrons. The summed E-state index contributed by atoms with van der Waals surface area (Å²) in [6.07, 6.45) is 6.07. The molecule has 0 aliphatic carbocycles. The van der Waals surface area contributed by atoms with Gasteiger partial charge in [0.25, 0.3) is 0 Å². The van der Waals surface area contributed by atoms with Crippen molar-refractivity contribution in [2.75, 3.05) is 20.1 Å². The second-order valence-corrected chi connectivity index (χ2v) is 6.87. The molecule has 0 bridgehead atoms. The molecule has 24 heavy (non-hydrogen) atoms. The van der Waals surface area contributed by atoms with E-state index in [1.807, 2.05) is 13.2 Å². The molecular weight excluding hydrogens is 316 g/mol. The summed E-state index contributed by atoms with van der Waals surface area (Å²) in [5, 5.41) is 7.91. The van der Waals surface area contributed by atoms with Gasteiger partial charge in [0.05, 0.1) is 5.01 Å². The predicted molar refractivity (Wildman–Crippen MR) is 104 cm³/mol. The van der Waals surface area contributed by atoms with Crippen LogP contribution in [0.5, 0.6) is 0 Å². The molecule has 0 atom stereocenters. The Morgan fingerprint density at radius 2 is 1.67 bits per heavy atom. The first-order chi connectivity index (χ1) is 11.7. The maximum atomic E-state index is 4.44. The Morgan fingerprint density at radius 1 is 1.00 bits per heavy atom. The van der Waals surface area contributed by atoms with E-state index >= 15 is 0 Å². The molecule has 0 radical (unpaired) electrons. The van der Waals surface area contributed by atoms with E-state index in [0.717, 1.165) is 44.7 Å². The molecule has 4 nitrogen and oxygen atoms in total. The molecule has 0 saturated carbocycles. The van der Waals surface area contributed by atoms with Crippen LogP contribution in [-0.2, 0) is 25.7 Å². The van der Waals surface area contributed by atoms with Crippen molar-refractivity contribution in [3.63, 3.8) is 0 Å². The fourth-order valence-electron chi connectivity index (χ4n) is 2.40. The number of hydrogen-bond acceptors (Lipinski definition) is 3. The van der Waals surface area contributed by atoms with Gasteiger partial charge in [-0.1, -0.05) is 38.1 Å². The average molecular weight is 345 g/mol. The van der Waals surface area contributed by atoms with E-state index in [1.54, 1.807) is 11.3 Å². The molecular formula is C19H28N4S. The Hall–Kier alpha value is -1.88. The van der Waals surface area contributed by atoms with Gasteiger partial charge in [0.2, 0.25) is 0 Å². The van der Waals surface area contributed by atoms with E-state index in [2.05, 4.69) is 58.7 Å². The quantitative estimate of drug-likeness (QED) is 0.571. The SMILES string of the molecule is CCc1ccc(CCNC(=NC)NCCc2ncc(CC)s2)cc1. The van der Waals surface area contributed by atoms with Gasteiger partial charge in [-0.25, -0.2) is 4.98 Å². The molecule has 0 aliphatic heterocycles. The lowest BCUT2D eigenvalue weighted by Crippen LogP contribution is -2.39. The third-order valence-corrected chi connectivity index (χ3v) is 5.14. The molecule has 0 saturated heterocycles. The zero-order chi connectivity index (χ0) is 17.2. The number of benzene rings is 1. The minimum absolute atomic E-state index is 0.849. The molecule has 1 aromatic carbocycles. The van der Waals surface area contributed by atoms with E-state index < -0.39 is 0 Å². The molecule has 2 rings (SSSR count). The summed E-state index contributed by atoms with van der Waals surface area (Å²) in [7, 11) is 1.81. The highest BCUT2D eigenvalue weighted by Gasteiger charge is 2.02. The Kier molecular flexibility index (Phi) is 7.75. The summed E-state index contributed by atoms with van der Waals surface area (Å²) in [6.45, 7) is 6.07. The van der Waals surface area contributed by atoms with Crippen molar-refractivity contribution in [2.24, 2.45) is 4.99 Å². The molecule has 2 N–H and O–H groups in total. The van der Waals surface area contributed by atoms with E-state index in [-0.39, 0.29) is 0 Å². The second-order valence-electron chi connectivity index (χ2n) is 5.67. The third kappa shape index (κ3) is 5.96. The fraction of sp³-hybridized carbons (Fsp3) is 0.474. The summed E-state index contributed by atoms with van der Waals surface area (Å²) in [4.78, 5) is 10.1. The zero-order valence-corrected chi connectivity index (χ0v) is 15.7. The summed E-state index contributed by atoms with van der Waals surface area (Å²) >= 11 is 1.80. The minimum Gasteiger partial charge on any atom is -0.356 e. The summed E-state index contributed by atoms with van der Waals surface area (Å²) in [6, 6.07) is 8.84. The minimum atomic E-state index is 0.849. The second kappa shape index (κ2) is 10.1. The highest BCUT2D eigenvalue weighted by atomic mass is 32.1. The largest absolute Gasteiger partial charge is 0.356 e. The van der Waals surface area contributed by atoms with Crippen LogP contribution >= 0.6 is 11.3 Å². The van der Waals surface area contributed by atoms with Gasteiger partial charge >= 0.3 is 0 Å². The van der Waals surface area contributed by atoms with Crippen LogP contribution in [0.2, 0.25) is 0 Å². The van der Waals surface area contributed by atoms with E-state index in [1.165, 1.54) is 21.0 Å². The molecule has 0 fully saturated rings. The molecule has 0 spiro atoms. The van der Waals surface area contributed by atoms with Crippen molar-refractivity contribution in [3.8, 4) is 0 Å². The number of nitrogens with one attached hydrogen (secondary N) is 2. The summed E-state index contributed by atoms with van der Waals surface area (Å²) in [5.41, 5.74) is 2.74. The van der Waals surface area contributed by atoms with E-state index in [9.17, 15) is 0 Å². The van der Waals surface area contributed by atoms with Crippen molar-refractivity contribution in [1.29, 1.82) is 0 Å². The number of nitrogens with zero attached hydrogens (tertiary/aromatic N) is 2. The molecule has 0 amide bonds. The topological polar surface area (TPSA) is 49.3 Å². The van der Waals surface area contributed by atoms with E-state index in [4.69, 9.17) is 0 Å². The van der Waals surface area contributed by atoms with Crippen LogP contribution < -0.4 is 10.6 Å². The molecule has 1 heterocycles. The molecule has 2 aromatic rings. The van der Waals surface area contributed by atoms with Gasteiger partial charge in [-0.05, 0) is 30.4 Å². The Balaban J connectivity index is 1.68. The van der Waals surface area contributed by atoms with Crippen LogP contribution in [-0.4, -0.2) is 31.1 Å². The summed E-state index contributed by atoms with van der Waals surface area (Å²) in [5.74, 6) is 0.854. The maximum absolute atomic E-state index is 4.44. The number of guanidine groups is 1. The van der Waals surface area contributed by atoms with Crippen LogP contribution in [0.25, 0.3) is 0 Å². The molecule has 1 aromatic heterocycles. The number of aromatic nitrogens is 1. The normalized spacial score (nSPS) is 11.5. The maximum Gasteiger partial charge on any atom is 0.191 e. The fourth-order valence-corrected chi connectivity index (χ4v) is 3.26. The zero-order valence-electron chi connectivity index (χ0n) is 14.9. The lowest BCUT2D eigenvalue weighted by Gasteiger charge is -2.11. The Morgan fingerprint density at radius 3 is 2.25 bits per heavy atom. The van der Waals surface area contributed by atoms with Gasteiger partial charge in [-0.2, -0.15) is 0 Å². The monoisotopic (exact) mass is 344 g/mol.